The van der Waals surface area contributed by atoms with Gasteiger partial charge in [-0.15, -0.1) is 0 Å². The van der Waals surface area contributed by atoms with Crippen LogP contribution in [0.25, 0.3) is 0 Å². The molecule has 3 rings (SSSR count). The number of fused-ring (bicyclic) bond motifs is 1. The highest BCUT2D eigenvalue weighted by Crippen LogP contribution is 2.28. The van der Waals surface area contributed by atoms with Crippen LogP contribution in [0.5, 0.6) is 0 Å². The molecule has 5 nitrogen and oxygen atoms in total. The summed E-state index contributed by atoms with van der Waals surface area (Å²) < 4.78 is 13.5. The highest BCUT2D eigenvalue weighted by molar-refractivity contribution is 6.03. The van der Waals surface area contributed by atoms with Crippen molar-refractivity contribution in [3.05, 3.63) is 65.0 Å². The van der Waals surface area contributed by atoms with Crippen LogP contribution in [0.3, 0.4) is 0 Å². The number of hydrogen-bond donors (Lipinski definition) is 1. The van der Waals surface area contributed by atoms with Crippen molar-refractivity contribution >= 4 is 23.3 Å². The van der Waals surface area contributed by atoms with Gasteiger partial charge in [0.2, 0.25) is 5.91 Å². The van der Waals surface area contributed by atoms with Crippen LogP contribution < -0.4 is 10.2 Å². The van der Waals surface area contributed by atoms with E-state index in [0.29, 0.717) is 5.56 Å². The van der Waals surface area contributed by atoms with Crippen LogP contribution >= 0.6 is 0 Å². The maximum Gasteiger partial charge on any atom is 0.254 e. The quantitative estimate of drug-likeness (QED) is 0.850. The number of hydrogen-bond acceptors (Lipinski definition) is 3. The third-order valence-electron chi connectivity index (χ3n) is 4.23. The summed E-state index contributed by atoms with van der Waals surface area (Å²) in [5, 5.41) is 2.54. The average Bonchev–Trinajstić information content (AvgIpc) is 2.89. The van der Waals surface area contributed by atoms with Crippen molar-refractivity contribution in [1.82, 2.24) is 5.32 Å². The van der Waals surface area contributed by atoms with Gasteiger partial charge >= 0.3 is 0 Å². The first-order chi connectivity index (χ1) is 12.0. The van der Waals surface area contributed by atoms with Crippen LogP contribution in [0.1, 0.15) is 32.7 Å². The first-order valence-electron chi connectivity index (χ1n) is 7.93. The van der Waals surface area contributed by atoms with Crippen LogP contribution in [0.2, 0.25) is 0 Å². The van der Waals surface area contributed by atoms with Crippen molar-refractivity contribution in [3.63, 3.8) is 0 Å². The molecule has 0 atom stereocenters. The summed E-state index contributed by atoms with van der Waals surface area (Å²) in [6, 6.07) is 10.8. The van der Waals surface area contributed by atoms with Crippen molar-refractivity contribution in [2.45, 2.75) is 12.8 Å². The Hall–Kier alpha value is -3.02. The summed E-state index contributed by atoms with van der Waals surface area (Å²) in [6.45, 7) is 0.113. The molecule has 1 aliphatic rings. The molecule has 25 heavy (non-hydrogen) atoms. The molecule has 0 aliphatic carbocycles. The maximum absolute atomic E-state index is 13.5. The molecule has 0 fully saturated rings. The van der Waals surface area contributed by atoms with E-state index in [1.165, 1.54) is 18.2 Å². The lowest BCUT2D eigenvalue weighted by molar-refractivity contribution is -0.117. The Morgan fingerprint density at radius 2 is 1.96 bits per heavy atom. The van der Waals surface area contributed by atoms with Gasteiger partial charge in [-0.2, -0.15) is 0 Å². The zero-order valence-electron chi connectivity index (χ0n) is 13.7. The molecule has 0 aromatic heterocycles. The SMILES string of the molecule is CN1C(=O)Cc2cc(C(=O)CCNC(=O)c3ccccc3F)ccc21. The monoisotopic (exact) mass is 340 g/mol. The minimum Gasteiger partial charge on any atom is -0.351 e. The Labute approximate surface area is 144 Å². The van der Waals surface area contributed by atoms with Crippen molar-refractivity contribution < 1.29 is 18.8 Å². The number of amides is 2. The Morgan fingerprint density at radius 3 is 2.72 bits per heavy atom. The summed E-state index contributed by atoms with van der Waals surface area (Å²) in [5.74, 6) is -1.29. The number of Topliss-reactive ketones (excluding diaryl/α,β-unsaturated/α-hetero) is 1. The number of carbonyl (C=O) groups is 3. The predicted molar refractivity (Wildman–Crippen MR) is 91.2 cm³/mol. The van der Waals surface area contributed by atoms with Gasteiger partial charge in [0.1, 0.15) is 5.82 Å². The van der Waals surface area contributed by atoms with E-state index >= 15 is 0 Å². The largest absolute Gasteiger partial charge is 0.351 e. The molecule has 0 unspecified atom stereocenters. The molecule has 128 valence electrons. The predicted octanol–water partition coefficient (Wildman–Crippen LogP) is 2.35. The van der Waals surface area contributed by atoms with Gasteiger partial charge in [0, 0.05) is 31.3 Å². The zero-order chi connectivity index (χ0) is 18.0. The fourth-order valence-electron chi connectivity index (χ4n) is 2.82. The summed E-state index contributed by atoms with van der Waals surface area (Å²) >= 11 is 0. The lowest BCUT2D eigenvalue weighted by Gasteiger charge is -2.10. The van der Waals surface area contributed by atoms with Crippen LogP contribution in [0.15, 0.2) is 42.5 Å². The highest BCUT2D eigenvalue weighted by Gasteiger charge is 2.24. The molecule has 1 N–H and O–H groups in total. The van der Waals surface area contributed by atoms with Crippen LogP contribution in [-0.4, -0.2) is 31.2 Å². The van der Waals surface area contributed by atoms with Gasteiger partial charge in [-0.3, -0.25) is 14.4 Å². The first-order valence-corrected chi connectivity index (χ1v) is 7.93. The van der Waals surface area contributed by atoms with Crippen molar-refractivity contribution in [2.24, 2.45) is 0 Å². The van der Waals surface area contributed by atoms with Gasteiger partial charge in [-0.25, -0.2) is 4.39 Å². The number of carbonyl (C=O) groups excluding carboxylic acids is 3. The fraction of sp³-hybridized carbons (Fsp3) is 0.211. The Kier molecular flexibility index (Phi) is 4.61. The van der Waals surface area contributed by atoms with Gasteiger partial charge in [0.05, 0.1) is 12.0 Å². The molecular weight excluding hydrogens is 323 g/mol. The minimum atomic E-state index is -0.598. The van der Waals surface area contributed by atoms with Crippen molar-refractivity contribution in [2.75, 3.05) is 18.5 Å². The number of ketones is 1. The van der Waals surface area contributed by atoms with E-state index in [0.717, 1.165) is 11.3 Å². The number of anilines is 1. The third kappa shape index (κ3) is 3.42. The van der Waals surface area contributed by atoms with Gasteiger partial charge in [0.15, 0.2) is 5.78 Å². The Bertz CT molecular complexity index is 863. The minimum absolute atomic E-state index is 0.00301. The van der Waals surface area contributed by atoms with Crippen molar-refractivity contribution in [1.29, 1.82) is 0 Å². The molecule has 2 amide bonds. The zero-order valence-corrected chi connectivity index (χ0v) is 13.7. The molecule has 0 radical (unpaired) electrons. The summed E-state index contributed by atoms with van der Waals surface area (Å²) in [6.07, 6.45) is 0.389. The third-order valence-corrected chi connectivity index (χ3v) is 4.23. The maximum atomic E-state index is 13.5. The second-order valence-corrected chi connectivity index (χ2v) is 5.88. The van der Waals surface area contributed by atoms with Gasteiger partial charge in [-0.1, -0.05) is 12.1 Å². The average molecular weight is 340 g/mol. The van der Waals surface area contributed by atoms with Crippen LogP contribution in [-0.2, 0) is 11.2 Å². The topological polar surface area (TPSA) is 66.5 Å². The highest BCUT2D eigenvalue weighted by atomic mass is 19.1. The number of likely N-dealkylation sites (N-methyl/N-ethyl adjacent to an activating group) is 1. The Balaban J connectivity index is 1.59. The van der Waals surface area contributed by atoms with Gasteiger partial charge in [0.25, 0.3) is 5.91 Å². The number of halogens is 1. The standard InChI is InChI=1S/C19H17FN2O3/c1-22-16-7-6-12(10-13(16)11-18(22)24)17(23)8-9-21-19(25)14-4-2-3-5-15(14)20/h2-7,10H,8-9,11H2,1H3,(H,21,25). The van der Waals surface area contributed by atoms with Gasteiger partial charge in [-0.05, 0) is 35.9 Å². The van der Waals surface area contributed by atoms with E-state index in [-0.39, 0.29) is 36.6 Å². The van der Waals surface area contributed by atoms with E-state index in [1.54, 1.807) is 36.2 Å². The lowest BCUT2D eigenvalue weighted by atomic mass is 10.0. The van der Waals surface area contributed by atoms with E-state index in [9.17, 15) is 18.8 Å². The lowest BCUT2D eigenvalue weighted by Crippen LogP contribution is -2.26. The van der Waals surface area contributed by atoms with E-state index in [1.807, 2.05) is 0 Å². The number of nitrogens with one attached hydrogen (secondary N) is 1. The summed E-state index contributed by atoms with van der Waals surface area (Å²) in [5.41, 5.74) is 2.10. The molecule has 0 saturated carbocycles. The van der Waals surface area contributed by atoms with Crippen LogP contribution in [0.4, 0.5) is 10.1 Å². The summed E-state index contributed by atoms with van der Waals surface area (Å²) in [7, 11) is 1.70. The smallest absolute Gasteiger partial charge is 0.254 e. The summed E-state index contributed by atoms with van der Waals surface area (Å²) in [4.78, 5) is 37.4. The number of benzene rings is 2. The van der Waals surface area contributed by atoms with Crippen LogP contribution in [0, 0.1) is 5.82 Å². The van der Waals surface area contributed by atoms with Crippen molar-refractivity contribution in [3.8, 4) is 0 Å². The van der Waals surface area contributed by atoms with Gasteiger partial charge < -0.3 is 10.2 Å². The fourth-order valence-corrected chi connectivity index (χ4v) is 2.82. The number of nitrogens with zero attached hydrogens (tertiary/aromatic N) is 1. The molecule has 1 aliphatic heterocycles. The molecule has 2 aromatic carbocycles. The molecule has 2 aromatic rings. The molecule has 0 saturated heterocycles. The van der Waals surface area contributed by atoms with E-state index in [4.69, 9.17) is 0 Å². The molecule has 0 spiro atoms. The normalized spacial score (nSPS) is 12.9. The second kappa shape index (κ2) is 6.84. The Morgan fingerprint density at radius 1 is 1.20 bits per heavy atom. The molecular formula is C19H17FN2O3. The molecule has 0 bridgehead atoms. The first kappa shape index (κ1) is 16.8. The molecule has 6 heteroatoms. The van der Waals surface area contributed by atoms with E-state index in [2.05, 4.69) is 5.32 Å². The van der Waals surface area contributed by atoms with E-state index < -0.39 is 11.7 Å². The second-order valence-electron chi connectivity index (χ2n) is 5.88. The molecule has 1 heterocycles. The number of rotatable bonds is 5.